The third kappa shape index (κ3) is 4.31. The third-order valence-electron chi connectivity index (χ3n) is 1.77. The predicted molar refractivity (Wildman–Crippen MR) is 43.8 cm³/mol. The van der Waals surface area contributed by atoms with Crippen molar-refractivity contribution in [2.24, 2.45) is 0 Å². The lowest BCUT2D eigenvalue weighted by Gasteiger charge is -2.24. The van der Waals surface area contributed by atoms with Crippen molar-refractivity contribution in [3.8, 4) is 0 Å². The Hall–Kier alpha value is -0.610. The summed E-state index contributed by atoms with van der Waals surface area (Å²) >= 11 is 0. The van der Waals surface area contributed by atoms with E-state index in [-0.39, 0.29) is 19.4 Å². The van der Waals surface area contributed by atoms with E-state index in [2.05, 4.69) is 0 Å². The van der Waals surface area contributed by atoms with Crippen molar-refractivity contribution in [3.05, 3.63) is 0 Å². The van der Waals surface area contributed by atoms with Crippen molar-refractivity contribution >= 4 is 5.97 Å². The van der Waals surface area contributed by atoms with E-state index in [0.717, 1.165) is 0 Å². The van der Waals surface area contributed by atoms with E-state index in [1.165, 1.54) is 0 Å². The molecule has 0 aliphatic heterocycles. The Morgan fingerprint density at radius 2 is 2.00 bits per heavy atom. The molecule has 0 aromatic rings. The number of carboxylic acid groups (broad SMARTS) is 1. The van der Waals surface area contributed by atoms with Gasteiger partial charge >= 0.3 is 5.97 Å². The lowest BCUT2D eigenvalue weighted by atomic mass is 9.91. The molecule has 4 heteroatoms. The minimum atomic E-state index is -1.23. The Morgan fingerprint density at radius 1 is 1.42 bits per heavy atom. The van der Waals surface area contributed by atoms with Crippen molar-refractivity contribution < 1.29 is 20.1 Å². The highest BCUT2D eigenvalue weighted by Crippen LogP contribution is 2.21. The Balaban J connectivity index is 4.07. The van der Waals surface area contributed by atoms with Crippen LogP contribution < -0.4 is 0 Å². The van der Waals surface area contributed by atoms with Crippen LogP contribution in [0.15, 0.2) is 0 Å². The molecule has 1 unspecified atom stereocenters. The van der Waals surface area contributed by atoms with E-state index >= 15 is 0 Å². The molecule has 0 spiro atoms. The molecular weight excluding hydrogens is 160 g/mol. The monoisotopic (exact) mass is 176 g/mol. The van der Waals surface area contributed by atoms with Crippen LogP contribution in [-0.2, 0) is 4.79 Å². The molecule has 0 fully saturated rings. The van der Waals surface area contributed by atoms with E-state index in [4.69, 9.17) is 10.2 Å². The van der Waals surface area contributed by atoms with Gasteiger partial charge in [-0.3, -0.25) is 4.79 Å². The second kappa shape index (κ2) is 5.11. The molecule has 4 nitrogen and oxygen atoms in total. The molecule has 0 rings (SSSR count). The molecule has 0 saturated heterocycles. The minimum absolute atomic E-state index is 0.132. The van der Waals surface area contributed by atoms with Gasteiger partial charge in [0.1, 0.15) is 0 Å². The first-order chi connectivity index (χ1) is 5.54. The Kier molecular flexibility index (Phi) is 4.85. The number of carbonyl (C=O) groups is 1. The fourth-order valence-electron chi connectivity index (χ4n) is 1.26. The molecule has 0 aromatic carbocycles. The average Bonchev–Trinajstić information content (AvgIpc) is 1.85. The van der Waals surface area contributed by atoms with Crippen molar-refractivity contribution in [2.75, 3.05) is 6.61 Å². The van der Waals surface area contributed by atoms with E-state index in [1.54, 1.807) is 0 Å². The summed E-state index contributed by atoms with van der Waals surface area (Å²) in [5, 5.41) is 26.7. The Bertz CT molecular complexity index is 138. The second-order valence-corrected chi connectivity index (χ2v) is 3.02. The average molecular weight is 176 g/mol. The molecule has 1 atom stereocenters. The van der Waals surface area contributed by atoms with Crippen LogP contribution >= 0.6 is 0 Å². The summed E-state index contributed by atoms with van der Waals surface area (Å²) in [6.07, 6.45) is 0.970. The molecule has 0 aliphatic carbocycles. The zero-order chi connectivity index (χ0) is 9.61. The number of hydrogen-bond acceptors (Lipinski definition) is 3. The van der Waals surface area contributed by atoms with Crippen molar-refractivity contribution in [2.45, 2.75) is 38.2 Å². The topological polar surface area (TPSA) is 77.8 Å². The van der Waals surface area contributed by atoms with Crippen LogP contribution in [0.1, 0.15) is 32.6 Å². The fraction of sp³-hybridized carbons (Fsp3) is 0.875. The van der Waals surface area contributed by atoms with E-state index < -0.39 is 11.6 Å². The summed E-state index contributed by atoms with van der Waals surface area (Å²) in [4.78, 5) is 10.3. The van der Waals surface area contributed by atoms with Gasteiger partial charge < -0.3 is 15.3 Å². The minimum Gasteiger partial charge on any atom is -0.481 e. The first-order valence-electron chi connectivity index (χ1n) is 4.09. The van der Waals surface area contributed by atoms with Crippen molar-refractivity contribution in [3.63, 3.8) is 0 Å². The fourth-order valence-corrected chi connectivity index (χ4v) is 1.26. The van der Waals surface area contributed by atoms with Crippen LogP contribution in [-0.4, -0.2) is 33.5 Å². The van der Waals surface area contributed by atoms with Gasteiger partial charge in [-0.15, -0.1) is 0 Å². The van der Waals surface area contributed by atoms with Crippen molar-refractivity contribution in [1.82, 2.24) is 0 Å². The zero-order valence-electron chi connectivity index (χ0n) is 7.29. The van der Waals surface area contributed by atoms with Gasteiger partial charge in [-0.05, 0) is 12.8 Å². The largest absolute Gasteiger partial charge is 0.481 e. The van der Waals surface area contributed by atoms with Gasteiger partial charge in [0.15, 0.2) is 0 Å². The van der Waals surface area contributed by atoms with Crippen LogP contribution in [0.2, 0.25) is 0 Å². The van der Waals surface area contributed by atoms with Crippen LogP contribution in [0.5, 0.6) is 0 Å². The first kappa shape index (κ1) is 11.4. The van der Waals surface area contributed by atoms with Crippen molar-refractivity contribution in [1.29, 1.82) is 0 Å². The van der Waals surface area contributed by atoms with E-state index in [0.29, 0.717) is 12.8 Å². The van der Waals surface area contributed by atoms with Gasteiger partial charge in [0.05, 0.1) is 12.0 Å². The smallest absolute Gasteiger partial charge is 0.306 e. The van der Waals surface area contributed by atoms with Gasteiger partial charge in [0.2, 0.25) is 0 Å². The highest BCUT2D eigenvalue weighted by Gasteiger charge is 2.28. The zero-order valence-corrected chi connectivity index (χ0v) is 7.29. The van der Waals surface area contributed by atoms with Crippen LogP contribution in [0, 0.1) is 0 Å². The number of aliphatic hydroxyl groups excluding tert-OH is 1. The molecular formula is C8H16O4. The number of aliphatic carboxylic acids is 1. The third-order valence-corrected chi connectivity index (χ3v) is 1.77. The van der Waals surface area contributed by atoms with Crippen LogP contribution in [0.25, 0.3) is 0 Å². The van der Waals surface area contributed by atoms with Crippen LogP contribution in [0.4, 0.5) is 0 Å². The van der Waals surface area contributed by atoms with Gasteiger partial charge in [-0.1, -0.05) is 13.3 Å². The summed E-state index contributed by atoms with van der Waals surface area (Å²) < 4.78 is 0. The van der Waals surface area contributed by atoms with Gasteiger partial charge in [0, 0.05) is 6.61 Å². The summed E-state index contributed by atoms with van der Waals surface area (Å²) in [5.41, 5.74) is -1.23. The molecule has 3 N–H and O–H groups in total. The highest BCUT2D eigenvalue weighted by molar-refractivity contribution is 5.68. The summed E-state index contributed by atoms with van der Waals surface area (Å²) in [5.74, 6) is -1.03. The quantitative estimate of drug-likeness (QED) is 0.546. The number of rotatable bonds is 6. The SMILES string of the molecule is CCCC(O)(CCO)CC(=O)O. The van der Waals surface area contributed by atoms with Gasteiger partial charge in [-0.2, -0.15) is 0 Å². The predicted octanol–water partition coefficient (Wildman–Crippen LogP) is 0.375. The molecule has 0 bridgehead atoms. The maximum absolute atomic E-state index is 10.3. The molecule has 12 heavy (non-hydrogen) atoms. The molecule has 0 amide bonds. The maximum Gasteiger partial charge on any atom is 0.306 e. The lowest BCUT2D eigenvalue weighted by Crippen LogP contribution is -2.32. The molecule has 0 heterocycles. The Morgan fingerprint density at radius 3 is 2.33 bits per heavy atom. The standard InChI is InChI=1S/C8H16O4/c1-2-3-8(12,4-5-9)6-7(10)11/h9,12H,2-6H2,1H3,(H,10,11). The number of aliphatic hydroxyl groups is 2. The molecule has 0 radical (unpaired) electrons. The Labute approximate surface area is 71.8 Å². The van der Waals surface area contributed by atoms with E-state index in [9.17, 15) is 9.90 Å². The molecule has 0 aliphatic rings. The molecule has 0 aromatic heterocycles. The lowest BCUT2D eigenvalue weighted by molar-refractivity contribution is -0.143. The highest BCUT2D eigenvalue weighted by atomic mass is 16.4. The second-order valence-electron chi connectivity index (χ2n) is 3.02. The number of hydrogen-bond donors (Lipinski definition) is 3. The molecule has 0 saturated carbocycles. The maximum atomic E-state index is 10.3. The molecule has 72 valence electrons. The van der Waals surface area contributed by atoms with Gasteiger partial charge in [-0.25, -0.2) is 0 Å². The number of carboxylic acids is 1. The van der Waals surface area contributed by atoms with Crippen LogP contribution in [0.3, 0.4) is 0 Å². The van der Waals surface area contributed by atoms with Gasteiger partial charge in [0.25, 0.3) is 0 Å². The first-order valence-corrected chi connectivity index (χ1v) is 4.09. The normalized spacial score (nSPS) is 15.6. The summed E-state index contributed by atoms with van der Waals surface area (Å²) in [7, 11) is 0. The summed E-state index contributed by atoms with van der Waals surface area (Å²) in [6, 6.07) is 0. The summed E-state index contributed by atoms with van der Waals surface area (Å²) in [6.45, 7) is 1.69. The van der Waals surface area contributed by atoms with E-state index in [1.807, 2.05) is 6.92 Å².